The number of methoxy groups -OCH3 is 2. The lowest BCUT2D eigenvalue weighted by molar-refractivity contribution is -0.157. The molecular formula is C20H27NO6. The molecule has 1 aliphatic heterocycles. The van der Waals surface area contributed by atoms with Crippen LogP contribution in [0.2, 0.25) is 0 Å². The zero-order valence-electron chi connectivity index (χ0n) is 16.4. The number of amides is 1. The van der Waals surface area contributed by atoms with Gasteiger partial charge >= 0.3 is 11.9 Å². The number of ether oxygens (including phenoxy) is 2. The molecule has 1 aliphatic rings. The van der Waals surface area contributed by atoms with Crippen LogP contribution in [-0.2, 0) is 19.1 Å². The molecule has 1 N–H and O–H groups in total. The summed E-state index contributed by atoms with van der Waals surface area (Å²) in [5, 5.41) is 9.88. The highest BCUT2D eigenvalue weighted by Crippen LogP contribution is 2.48. The summed E-state index contributed by atoms with van der Waals surface area (Å²) in [7, 11) is 2.81. The molecule has 0 aromatic heterocycles. The summed E-state index contributed by atoms with van der Waals surface area (Å²) >= 11 is 0. The van der Waals surface area contributed by atoms with E-state index in [1.807, 2.05) is 13.8 Å². The number of nitrogens with zero attached hydrogens (tertiary/aromatic N) is 1. The number of carbonyl (C=O) groups excluding carboxylic acids is 2. The van der Waals surface area contributed by atoms with E-state index >= 15 is 0 Å². The molecule has 1 aromatic carbocycles. The number of carboxylic acids is 1. The van der Waals surface area contributed by atoms with E-state index in [0.717, 1.165) is 0 Å². The lowest BCUT2D eigenvalue weighted by Crippen LogP contribution is -2.51. The Kier molecular flexibility index (Phi) is 6.13. The van der Waals surface area contributed by atoms with Crippen molar-refractivity contribution in [3.05, 3.63) is 29.8 Å². The molecule has 1 saturated heterocycles. The summed E-state index contributed by atoms with van der Waals surface area (Å²) in [6.07, 6.45) is 0.193. The van der Waals surface area contributed by atoms with Gasteiger partial charge in [-0.1, -0.05) is 26.0 Å². The molecule has 0 aliphatic carbocycles. The third-order valence-electron chi connectivity index (χ3n) is 5.08. The van der Waals surface area contributed by atoms with Gasteiger partial charge in [-0.25, -0.2) is 4.79 Å². The number of esters is 1. The molecule has 1 heterocycles. The minimum Gasteiger partial charge on any atom is -0.497 e. The Morgan fingerprint density at radius 3 is 2.26 bits per heavy atom. The van der Waals surface area contributed by atoms with Gasteiger partial charge in [-0.05, 0) is 37.0 Å². The van der Waals surface area contributed by atoms with Crippen molar-refractivity contribution in [2.75, 3.05) is 14.2 Å². The molecule has 3 atom stereocenters. The number of hydrogen-bond acceptors (Lipinski definition) is 5. The van der Waals surface area contributed by atoms with E-state index in [1.54, 1.807) is 31.4 Å². The number of likely N-dealkylation sites (tertiary alicyclic amines) is 1. The van der Waals surface area contributed by atoms with Crippen molar-refractivity contribution in [1.82, 2.24) is 4.90 Å². The fourth-order valence-electron chi connectivity index (χ4n) is 3.74. The third kappa shape index (κ3) is 3.91. The summed E-state index contributed by atoms with van der Waals surface area (Å²) in [5.74, 6) is -2.02. The Labute approximate surface area is 159 Å². The smallest absolute Gasteiger partial charge is 0.329 e. The second-order valence-corrected chi connectivity index (χ2v) is 7.49. The Morgan fingerprint density at radius 1 is 1.22 bits per heavy atom. The van der Waals surface area contributed by atoms with Crippen molar-refractivity contribution in [2.24, 2.45) is 11.8 Å². The monoisotopic (exact) mass is 377 g/mol. The third-order valence-corrected chi connectivity index (χ3v) is 5.08. The van der Waals surface area contributed by atoms with E-state index in [0.29, 0.717) is 11.3 Å². The van der Waals surface area contributed by atoms with E-state index in [-0.39, 0.29) is 24.7 Å². The van der Waals surface area contributed by atoms with Crippen LogP contribution in [0.3, 0.4) is 0 Å². The molecule has 148 valence electrons. The predicted molar refractivity (Wildman–Crippen MR) is 98.2 cm³/mol. The standard InChI is InChI=1S/C20H27NO6/c1-12(2)10-16(22)21-17(13-6-8-14(26-4)9-7-13)15(18(23)27-5)11-20(21,3)19(24)25/h6-9,12,15,17H,10-11H2,1-5H3,(H,24,25). The molecule has 2 rings (SSSR count). The molecule has 1 amide bonds. The number of rotatable bonds is 6. The van der Waals surface area contributed by atoms with Gasteiger partial charge in [-0.3, -0.25) is 9.59 Å². The van der Waals surface area contributed by atoms with Gasteiger partial charge in [-0.15, -0.1) is 0 Å². The topological polar surface area (TPSA) is 93.1 Å². The van der Waals surface area contributed by atoms with Gasteiger partial charge in [0.15, 0.2) is 0 Å². The van der Waals surface area contributed by atoms with E-state index < -0.39 is 29.4 Å². The van der Waals surface area contributed by atoms with E-state index in [2.05, 4.69) is 0 Å². The van der Waals surface area contributed by atoms with Crippen LogP contribution in [0, 0.1) is 11.8 Å². The Morgan fingerprint density at radius 2 is 1.81 bits per heavy atom. The number of carboxylic acid groups (broad SMARTS) is 1. The molecular weight excluding hydrogens is 350 g/mol. The van der Waals surface area contributed by atoms with Gasteiger partial charge < -0.3 is 19.5 Å². The van der Waals surface area contributed by atoms with Crippen LogP contribution in [0.4, 0.5) is 0 Å². The summed E-state index contributed by atoms with van der Waals surface area (Å²) in [5.41, 5.74) is -0.816. The van der Waals surface area contributed by atoms with Crippen LogP contribution in [-0.4, -0.2) is 47.6 Å². The van der Waals surface area contributed by atoms with Crippen LogP contribution >= 0.6 is 0 Å². The normalized spacial score (nSPS) is 24.7. The van der Waals surface area contributed by atoms with Crippen molar-refractivity contribution in [3.63, 3.8) is 0 Å². The SMILES string of the molecule is COC(=O)C1CC(C)(C(=O)O)N(C(=O)CC(C)C)C1c1ccc(OC)cc1. The average molecular weight is 377 g/mol. The van der Waals surface area contributed by atoms with E-state index in [1.165, 1.54) is 18.9 Å². The molecule has 0 saturated carbocycles. The first kappa shape index (κ1) is 20.7. The number of carbonyl (C=O) groups is 3. The van der Waals surface area contributed by atoms with Gasteiger partial charge in [-0.2, -0.15) is 0 Å². The van der Waals surface area contributed by atoms with Gasteiger partial charge in [0, 0.05) is 6.42 Å². The van der Waals surface area contributed by atoms with E-state index in [4.69, 9.17) is 9.47 Å². The van der Waals surface area contributed by atoms with Crippen LogP contribution in [0.1, 0.15) is 45.2 Å². The largest absolute Gasteiger partial charge is 0.497 e. The molecule has 0 radical (unpaired) electrons. The van der Waals surface area contributed by atoms with E-state index in [9.17, 15) is 19.5 Å². The summed E-state index contributed by atoms with van der Waals surface area (Å²) < 4.78 is 10.1. The van der Waals surface area contributed by atoms with Crippen LogP contribution < -0.4 is 4.74 Å². The highest BCUT2D eigenvalue weighted by atomic mass is 16.5. The second kappa shape index (κ2) is 7.98. The Hall–Kier alpha value is -2.57. The zero-order valence-corrected chi connectivity index (χ0v) is 16.4. The molecule has 0 bridgehead atoms. The number of benzene rings is 1. The molecule has 1 aromatic rings. The number of aliphatic carboxylic acids is 1. The maximum atomic E-state index is 13.0. The highest BCUT2D eigenvalue weighted by molar-refractivity contribution is 5.90. The molecule has 7 nitrogen and oxygen atoms in total. The van der Waals surface area contributed by atoms with Crippen LogP contribution in [0.15, 0.2) is 24.3 Å². The number of hydrogen-bond donors (Lipinski definition) is 1. The van der Waals surface area contributed by atoms with Gasteiger partial charge in [0.25, 0.3) is 0 Å². The first-order valence-corrected chi connectivity index (χ1v) is 8.93. The fourth-order valence-corrected chi connectivity index (χ4v) is 3.74. The zero-order chi connectivity index (χ0) is 20.4. The Balaban J connectivity index is 2.59. The maximum absolute atomic E-state index is 13.0. The van der Waals surface area contributed by atoms with Crippen molar-refractivity contribution < 1.29 is 29.0 Å². The minimum absolute atomic E-state index is 0.00443. The van der Waals surface area contributed by atoms with Crippen LogP contribution in [0.25, 0.3) is 0 Å². The molecule has 1 fully saturated rings. The Bertz CT molecular complexity index is 714. The fraction of sp³-hybridized carbons (Fsp3) is 0.550. The summed E-state index contributed by atoms with van der Waals surface area (Å²) in [6, 6.07) is 6.25. The maximum Gasteiger partial charge on any atom is 0.329 e. The van der Waals surface area contributed by atoms with Crippen molar-refractivity contribution >= 4 is 17.8 Å². The summed E-state index contributed by atoms with van der Waals surface area (Å²) in [6.45, 7) is 5.28. The average Bonchev–Trinajstić information content (AvgIpc) is 2.95. The van der Waals surface area contributed by atoms with Gasteiger partial charge in [0.2, 0.25) is 5.91 Å². The first-order chi connectivity index (χ1) is 12.7. The lowest BCUT2D eigenvalue weighted by Gasteiger charge is -2.36. The van der Waals surface area contributed by atoms with Crippen molar-refractivity contribution in [3.8, 4) is 5.75 Å². The molecule has 0 spiro atoms. The molecule has 27 heavy (non-hydrogen) atoms. The lowest BCUT2D eigenvalue weighted by atomic mass is 9.90. The predicted octanol–water partition coefficient (Wildman–Crippen LogP) is 2.65. The van der Waals surface area contributed by atoms with Crippen molar-refractivity contribution in [1.29, 1.82) is 0 Å². The summed E-state index contributed by atoms with van der Waals surface area (Å²) in [4.78, 5) is 38.9. The van der Waals surface area contributed by atoms with Gasteiger partial charge in [0.05, 0.1) is 26.2 Å². The molecule has 3 unspecified atom stereocenters. The van der Waals surface area contributed by atoms with Crippen LogP contribution in [0.5, 0.6) is 5.75 Å². The van der Waals surface area contributed by atoms with Gasteiger partial charge in [0.1, 0.15) is 11.3 Å². The highest BCUT2D eigenvalue weighted by Gasteiger charge is 2.58. The molecule has 7 heteroatoms. The first-order valence-electron chi connectivity index (χ1n) is 8.93. The quantitative estimate of drug-likeness (QED) is 0.766. The second-order valence-electron chi connectivity index (χ2n) is 7.49. The van der Waals surface area contributed by atoms with Crippen molar-refractivity contribution in [2.45, 2.75) is 45.2 Å². The minimum atomic E-state index is -1.49.